The molecule has 27 heavy (non-hydrogen) atoms. The van der Waals surface area contributed by atoms with E-state index in [4.69, 9.17) is 4.74 Å². The van der Waals surface area contributed by atoms with Gasteiger partial charge in [0.25, 0.3) is 0 Å². The van der Waals surface area contributed by atoms with Gasteiger partial charge in [-0.2, -0.15) is 0 Å². The molecule has 3 rings (SSSR count). The number of aromatic hydroxyl groups is 1. The monoisotopic (exact) mass is 368 g/mol. The van der Waals surface area contributed by atoms with E-state index in [1.807, 2.05) is 19.1 Å². The number of phenols is 1. The Morgan fingerprint density at radius 1 is 1.00 bits per heavy atom. The minimum Gasteiger partial charge on any atom is -0.508 e. The third-order valence-electron chi connectivity index (χ3n) is 5.44. The normalized spacial score (nSPS) is 15.4. The number of phenolic OH excluding ortho intramolecular Hbond substituents is 1. The summed E-state index contributed by atoms with van der Waals surface area (Å²) >= 11 is 0. The minimum absolute atomic E-state index is 0.323. The van der Waals surface area contributed by atoms with E-state index in [1.54, 1.807) is 0 Å². The van der Waals surface area contributed by atoms with Crippen LogP contribution in [-0.2, 0) is 0 Å². The third kappa shape index (κ3) is 4.75. The molecule has 4 heteroatoms. The van der Waals surface area contributed by atoms with Gasteiger partial charge in [0.2, 0.25) is 0 Å². The number of benzene rings is 2. The molecule has 0 aromatic heterocycles. The largest absolute Gasteiger partial charge is 0.508 e. The average Bonchev–Trinajstić information content (AvgIpc) is 2.65. The summed E-state index contributed by atoms with van der Waals surface area (Å²) in [5, 5.41) is 9.97. The molecule has 1 N–H and O–H groups in total. The average molecular weight is 369 g/mol. The Bertz CT molecular complexity index is 765. The maximum absolute atomic E-state index is 9.97. The Hall–Kier alpha value is -2.20. The summed E-state index contributed by atoms with van der Waals surface area (Å²) in [4.78, 5) is 4.95. The molecule has 1 aliphatic heterocycles. The summed E-state index contributed by atoms with van der Waals surface area (Å²) in [6, 6.07) is 12.4. The predicted octanol–water partition coefficient (Wildman–Crippen LogP) is 4.33. The van der Waals surface area contributed by atoms with Crippen LogP contribution in [0.25, 0.3) is 0 Å². The Balaban J connectivity index is 1.51. The van der Waals surface area contributed by atoms with Crippen LogP contribution >= 0.6 is 0 Å². The van der Waals surface area contributed by atoms with Crippen LogP contribution in [0.2, 0.25) is 0 Å². The van der Waals surface area contributed by atoms with Crippen LogP contribution in [0.5, 0.6) is 11.5 Å². The number of para-hydroxylation sites is 1. The second-order valence-corrected chi connectivity index (χ2v) is 7.79. The Morgan fingerprint density at radius 2 is 1.70 bits per heavy atom. The fraction of sp³-hybridized carbons (Fsp3) is 0.478. The Morgan fingerprint density at radius 3 is 2.37 bits per heavy atom. The molecular formula is C23H32N2O2. The zero-order valence-electron chi connectivity index (χ0n) is 17.0. The Labute approximate surface area is 163 Å². The van der Waals surface area contributed by atoms with Gasteiger partial charge in [-0.1, -0.05) is 32.0 Å². The molecule has 1 fully saturated rings. The van der Waals surface area contributed by atoms with Gasteiger partial charge in [-0.25, -0.2) is 0 Å². The fourth-order valence-corrected chi connectivity index (χ4v) is 3.68. The lowest BCUT2D eigenvalue weighted by Crippen LogP contribution is -2.47. The molecule has 0 radical (unpaired) electrons. The molecule has 0 unspecified atom stereocenters. The van der Waals surface area contributed by atoms with Crippen LogP contribution in [0, 0.1) is 13.8 Å². The van der Waals surface area contributed by atoms with E-state index >= 15 is 0 Å². The molecular weight excluding hydrogens is 336 g/mol. The van der Waals surface area contributed by atoms with Crippen molar-refractivity contribution >= 4 is 5.69 Å². The first kappa shape index (κ1) is 19.6. The molecule has 0 amide bonds. The molecule has 2 aromatic carbocycles. The van der Waals surface area contributed by atoms with Crippen molar-refractivity contribution in [3.63, 3.8) is 0 Å². The first-order chi connectivity index (χ1) is 13.0. The molecule has 0 atom stereocenters. The van der Waals surface area contributed by atoms with Crippen molar-refractivity contribution in [1.82, 2.24) is 4.90 Å². The van der Waals surface area contributed by atoms with Crippen LogP contribution < -0.4 is 9.64 Å². The summed E-state index contributed by atoms with van der Waals surface area (Å²) in [6.07, 6.45) is 0. The highest BCUT2D eigenvalue weighted by Crippen LogP contribution is 2.32. The van der Waals surface area contributed by atoms with E-state index in [0.29, 0.717) is 18.3 Å². The van der Waals surface area contributed by atoms with Gasteiger partial charge in [-0.3, -0.25) is 4.90 Å². The number of aryl methyl sites for hydroxylation is 2. The summed E-state index contributed by atoms with van der Waals surface area (Å²) in [5.74, 6) is 1.57. The lowest BCUT2D eigenvalue weighted by molar-refractivity contribution is 0.199. The number of anilines is 1. The van der Waals surface area contributed by atoms with Gasteiger partial charge in [0.1, 0.15) is 18.1 Å². The minimum atomic E-state index is 0.323. The molecule has 146 valence electrons. The molecule has 4 nitrogen and oxygen atoms in total. The molecule has 1 heterocycles. The van der Waals surface area contributed by atoms with Gasteiger partial charge in [-0.05, 0) is 49.1 Å². The van der Waals surface area contributed by atoms with Crippen molar-refractivity contribution in [1.29, 1.82) is 0 Å². The smallest absolute Gasteiger partial charge is 0.123 e. The third-order valence-corrected chi connectivity index (χ3v) is 5.44. The molecule has 2 aromatic rings. The lowest BCUT2D eigenvalue weighted by Gasteiger charge is -2.36. The molecule has 0 spiro atoms. The number of ether oxygens (including phenoxy) is 1. The topological polar surface area (TPSA) is 35.9 Å². The standard InChI is InChI=1S/C23H32N2O2/c1-17(2)20-16-22(26)19(4)15-23(20)27-14-13-24-9-11-25(12-10-24)21-8-6-5-7-18(21)3/h5-8,15-17,26H,9-14H2,1-4H3. The first-order valence-electron chi connectivity index (χ1n) is 9.95. The van der Waals surface area contributed by atoms with Crippen LogP contribution in [-0.4, -0.2) is 49.3 Å². The van der Waals surface area contributed by atoms with E-state index in [1.165, 1.54) is 11.3 Å². The number of nitrogens with zero attached hydrogens (tertiary/aromatic N) is 2. The number of piperazine rings is 1. The van der Waals surface area contributed by atoms with Crippen LogP contribution in [0.3, 0.4) is 0 Å². The summed E-state index contributed by atoms with van der Waals surface area (Å²) < 4.78 is 6.10. The number of hydrogen-bond donors (Lipinski definition) is 1. The second kappa shape index (κ2) is 8.66. The molecule has 0 bridgehead atoms. The van der Waals surface area contributed by atoms with Crippen molar-refractivity contribution in [3.05, 3.63) is 53.1 Å². The second-order valence-electron chi connectivity index (χ2n) is 7.79. The van der Waals surface area contributed by atoms with Gasteiger partial charge in [0.05, 0.1) is 0 Å². The maximum atomic E-state index is 9.97. The van der Waals surface area contributed by atoms with Crippen molar-refractivity contribution in [3.8, 4) is 11.5 Å². The quantitative estimate of drug-likeness (QED) is 0.823. The summed E-state index contributed by atoms with van der Waals surface area (Å²) in [6.45, 7) is 14.2. The zero-order valence-corrected chi connectivity index (χ0v) is 17.0. The zero-order chi connectivity index (χ0) is 19.4. The van der Waals surface area contributed by atoms with Crippen molar-refractivity contribution < 1.29 is 9.84 Å². The van der Waals surface area contributed by atoms with Gasteiger partial charge in [-0.15, -0.1) is 0 Å². The molecule has 1 saturated heterocycles. The fourth-order valence-electron chi connectivity index (χ4n) is 3.68. The maximum Gasteiger partial charge on any atom is 0.123 e. The highest BCUT2D eigenvalue weighted by molar-refractivity contribution is 5.53. The van der Waals surface area contributed by atoms with Gasteiger partial charge >= 0.3 is 0 Å². The van der Waals surface area contributed by atoms with E-state index in [0.717, 1.165) is 49.6 Å². The van der Waals surface area contributed by atoms with Crippen molar-refractivity contribution in [2.45, 2.75) is 33.6 Å². The van der Waals surface area contributed by atoms with Gasteiger partial charge in [0, 0.05) is 44.0 Å². The highest BCUT2D eigenvalue weighted by Gasteiger charge is 2.18. The summed E-state index contributed by atoms with van der Waals surface area (Å²) in [5.41, 5.74) is 4.64. The lowest BCUT2D eigenvalue weighted by atomic mass is 10.00. The predicted molar refractivity (Wildman–Crippen MR) is 112 cm³/mol. The molecule has 1 aliphatic rings. The molecule has 0 aliphatic carbocycles. The van der Waals surface area contributed by atoms with E-state index < -0.39 is 0 Å². The summed E-state index contributed by atoms with van der Waals surface area (Å²) in [7, 11) is 0. The van der Waals surface area contributed by atoms with Crippen molar-refractivity contribution in [2.75, 3.05) is 44.2 Å². The first-order valence-corrected chi connectivity index (χ1v) is 9.95. The number of rotatable bonds is 6. The van der Waals surface area contributed by atoms with Gasteiger partial charge in [0.15, 0.2) is 0 Å². The number of hydrogen-bond acceptors (Lipinski definition) is 4. The van der Waals surface area contributed by atoms with E-state index in [-0.39, 0.29) is 0 Å². The van der Waals surface area contributed by atoms with Crippen molar-refractivity contribution in [2.24, 2.45) is 0 Å². The Kier molecular flexibility index (Phi) is 6.27. The highest BCUT2D eigenvalue weighted by atomic mass is 16.5. The molecule has 0 saturated carbocycles. The van der Waals surface area contributed by atoms with Crippen LogP contribution in [0.4, 0.5) is 5.69 Å². The van der Waals surface area contributed by atoms with E-state index in [9.17, 15) is 5.11 Å². The SMILES string of the molecule is Cc1cc(OCCN2CCN(c3ccccc3C)CC2)c(C(C)C)cc1O. The van der Waals surface area contributed by atoms with Crippen LogP contribution in [0.15, 0.2) is 36.4 Å². The van der Waals surface area contributed by atoms with Crippen LogP contribution in [0.1, 0.15) is 36.5 Å². The van der Waals surface area contributed by atoms with Gasteiger partial charge < -0.3 is 14.7 Å². The van der Waals surface area contributed by atoms with E-state index in [2.05, 4.69) is 54.8 Å².